The molecular formula is C18H21NO. The number of hydrogen-bond donors (Lipinski definition) is 1. The van der Waals surface area contributed by atoms with Gasteiger partial charge < -0.3 is 5.32 Å². The second-order valence-electron chi connectivity index (χ2n) is 5.16. The number of carbonyl (C=O) groups is 1. The Morgan fingerprint density at radius 2 is 1.85 bits per heavy atom. The first-order chi connectivity index (χ1) is 9.60. The molecule has 2 nitrogen and oxygen atoms in total. The highest BCUT2D eigenvalue weighted by Gasteiger charge is 2.11. The lowest BCUT2D eigenvalue weighted by molar-refractivity contribution is 0.0940. The van der Waals surface area contributed by atoms with Crippen molar-refractivity contribution in [1.29, 1.82) is 0 Å². The van der Waals surface area contributed by atoms with E-state index in [1.54, 1.807) is 0 Å². The first kappa shape index (κ1) is 14.3. The van der Waals surface area contributed by atoms with Crippen LogP contribution in [-0.4, -0.2) is 5.91 Å². The second kappa shape index (κ2) is 6.38. The van der Waals surface area contributed by atoms with Gasteiger partial charge in [-0.2, -0.15) is 0 Å². The molecule has 20 heavy (non-hydrogen) atoms. The van der Waals surface area contributed by atoms with E-state index in [0.717, 1.165) is 17.5 Å². The summed E-state index contributed by atoms with van der Waals surface area (Å²) in [5.74, 6) is -0.0271. The lowest BCUT2D eigenvalue weighted by Gasteiger charge is -2.15. The summed E-state index contributed by atoms with van der Waals surface area (Å²) in [5.41, 5.74) is 4.24. The van der Waals surface area contributed by atoms with Crippen LogP contribution in [0.25, 0.3) is 0 Å². The normalized spacial score (nSPS) is 11.9. The Morgan fingerprint density at radius 1 is 1.15 bits per heavy atom. The minimum absolute atomic E-state index is 0.00826. The summed E-state index contributed by atoms with van der Waals surface area (Å²) in [4.78, 5) is 12.2. The van der Waals surface area contributed by atoms with Crippen LogP contribution in [0.3, 0.4) is 0 Å². The number of benzene rings is 2. The van der Waals surface area contributed by atoms with E-state index in [1.165, 1.54) is 5.56 Å². The van der Waals surface area contributed by atoms with Crippen LogP contribution in [0.2, 0.25) is 0 Å². The highest BCUT2D eigenvalue weighted by Crippen LogP contribution is 2.15. The zero-order valence-electron chi connectivity index (χ0n) is 12.3. The summed E-state index contributed by atoms with van der Waals surface area (Å²) in [5, 5.41) is 3.04. The maximum absolute atomic E-state index is 12.2. The number of rotatable bonds is 4. The van der Waals surface area contributed by atoms with Crippen molar-refractivity contribution in [2.24, 2.45) is 0 Å². The third-order valence-corrected chi connectivity index (χ3v) is 3.52. The summed E-state index contributed by atoms with van der Waals surface area (Å²) in [7, 11) is 0. The molecule has 0 saturated heterocycles. The molecule has 0 aliphatic carbocycles. The monoisotopic (exact) mass is 267 g/mol. The van der Waals surface area contributed by atoms with Gasteiger partial charge in [0.05, 0.1) is 6.04 Å². The molecule has 2 aromatic rings. The molecule has 0 unspecified atom stereocenters. The fourth-order valence-corrected chi connectivity index (χ4v) is 2.19. The molecule has 1 atom stereocenters. The maximum atomic E-state index is 12.2. The van der Waals surface area contributed by atoms with Crippen LogP contribution in [-0.2, 0) is 6.42 Å². The lowest BCUT2D eigenvalue weighted by Crippen LogP contribution is -2.26. The second-order valence-corrected chi connectivity index (χ2v) is 5.16. The van der Waals surface area contributed by atoms with Crippen molar-refractivity contribution >= 4 is 5.91 Å². The topological polar surface area (TPSA) is 29.1 Å². The fourth-order valence-electron chi connectivity index (χ4n) is 2.19. The molecule has 0 spiro atoms. The van der Waals surface area contributed by atoms with Crippen molar-refractivity contribution in [2.75, 3.05) is 0 Å². The van der Waals surface area contributed by atoms with E-state index in [-0.39, 0.29) is 11.9 Å². The molecule has 0 aliphatic rings. The molecule has 0 saturated carbocycles. The Kier molecular flexibility index (Phi) is 4.57. The SMILES string of the molecule is CCc1ccc([C@@H](C)NC(=O)c2cccc(C)c2)cc1. The lowest BCUT2D eigenvalue weighted by atomic mass is 10.0. The Hall–Kier alpha value is -2.09. The van der Waals surface area contributed by atoms with Gasteiger partial charge in [-0.3, -0.25) is 4.79 Å². The molecule has 0 fully saturated rings. The molecular weight excluding hydrogens is 246 g/mol. The highest BCUT2D eigenvalue weighted by atomic mass is 16.1. The average Bonchev–Trinajstić information content (AvgIpc) is 2.47. The standard InChI is InChI=1S/C18H21NO/c1-4-15-8-10-16(11-9-15)14(3)19-18(20)17-7-5-6-13(2)12-17/h5-12,14H,4H2,1-3H3,(H,19,20)/t14-/m1/s1. The van der Waals surface area contributed by atoms with Crippen LogP contribution in [0.15, 0.2) is 48.5 Å². The van der Waals surface area contributed by atoms with E-state index in [2.05, 4.69) is 36.5 Å². The van der Waals surface area contributed by atoms with Crippen LogP contribution in [0.5, 0.6) is 0 Å². The van der Waals surface area contributed by atoms with Crippen LogP contribution in [0.1, 0.15) is 46.9 Å². The van der Waals surface area contributed by atoms with Crippen LogP contribution in [0.4, 0.5) is 0 Å². The molecule has 0 aromatic heterocycles. The number of hydrogen-bond acceptors (Lipinski definition) is 1. The van der Waals surface area contributed by atoms with Gasteiger partial charge in [0, 0.05) is 5.56 Å². The first-order valence-corrected chi connectivity index (χ1v) is 7.06. The number of nitrogens with one attached hydrogen (secondary N) is 1. The molecule has 2 rings (SSSR count). The average molecular weight is 267 g/mol. The molecule has 104 valence electrons. The van der Waals surface area contributed by atoms with E-state index < -0.39 is 0 Å². The quantitative estimate of drug-likeness (QED) is 0.889. The summed E-state index contributed by atoms with van der Waals surface area (Å²) in [6, 6.07) is 16.1. The predicted molar refractivity (Wildman–Crippen MR) is 82.9 cm³/mol. The smallest absolute Gasteiger partial charge is 0.251 e. The molecule has 0 heterocycles. The summed E-state index contributed by atoms with van der Waals surface area (Å²) >= 11 is 0. The summed E-state index contributed by atoms with van der Waals surface area (Å²) in [6.07, 6.45) is 1.03. The highest BCUT2D eigenvalue weighted by molar-refractivity contribution is 5.94. The van der Waals surface area contributed by atoms with Crippen molar-refractivity contribution in [3.8, 4) is 0 Å². The van der Waals surface area contributed by atoms with E-state index in [9.17, 15) is 4.79 Å². The molecule has 0 aliphatic heterocycles. The van der Waals surface area contributed by atoms with Crippen LogP contribution in [0, 0.1) is 6.92 Å². The molecule has 1 N–H and O–H groups in total. The third kappa shape index (κ3) is 3.47. The van der Waals surface area contributed by atoms with Crippen molar-refractivity contribution in [2.45, 2.75) is 33.2 Å². The van der Waals surface area contributed by atoms with Gasteiger partial charge in [0.2, 0.25) is 0 Å². The third-order valence-electron chi connectivity index (χ3n) is 3.52. The van der Waals surface area contributed by atoms with Gasteiger partial charge in [0.15, 0.2) is 0 Å². The van der Waals surface area contributed by atoms with Crippen LogP contribution < -0.4 is 5.32 Å². The summed E-state index contributed by atoms with van der Waals surface area (Å²) in [6.45, 7) is 6.14. The van der Waals surface area contributed by atoms with Gasteiger partial charge >= 0.3 is 0 Å². The fraction of sp³-hybridized carbons (Fsp3) is 0.278. The molecule has 2 heteroatoms. The largest absolute Gasteiger partial charge is 0.346 e. The van der Waals surface area contributed by atoms with Crippen molar-refractivity contribution < 1.29 is 4.79 Å². The Labute approximate surface area is 120 Å². The van der Waals surface area contributed by atoms with Gasteiger partial charge in [-0.05, 0) is 43.5 Å². The maximum Gasteiger partial charge on any atom is 0.251 e. The Morgan fingerprint density at radius 3 is 2.45 bits per heavy atom. The number of aryl methyl sites for hydroxylation is 2. The zero-order chi connectivity index (χ0) is 14.5. The summed E-state index contributed by atoms with van der Waals surface area (Å²) < 4.78 is 0. The molecule has 0 bridgehead atoms. The van der Waals surface area contributed by atoms with E-state index in [1.807, 2.05) is 38.1 Å². The van der Waals surface area contributed by atoms with Gasteiger partial charge in [0.25, 0.3) is 5.91 Å². The molecule has 2 aromatic carbocycles. The zero-order valence-corrected chi connectivity index (χ0v) is 12.3. The minimum Gasteiger partial charge on any atom is -0.346 e. The van der Waals surface area contributed by atoms with E-state index in [4.69, 9.17) is 0 Å². The van der Waals surface area contributed by atoms with Crippen molar-refractivity contribution in [3.63, 3.8) is 0 Å². The van der Waals surface area contributed by atoms with Gasteiger partial charge in [0.1, 0.15) is 0 Å². The molecule has 1 amide bonds. The first-order valence-electron chi connectivity index (χ1n) is 7.06. The molecule has 0 radical (unpaired) electrons. The van der Waals surface area contributed by atoms with Crippen molar-refractivity contribution in [1.82, 2.24) is 5.32 Å². The Bertz CT molecular complexity index is 587. The number of amides is 1. The van der Waals surface area contributed by atoms with Gasteiger partial charge in [-0.15, -0.1) is 0 Å². The predicted octanol–water partition coefficient (Wildman–Crippen LogP) is 4.05. The number of carbonyl (C=O) groups excluding carboxylic acids is 1. The van der Waals surface area contributed by atoms with Crippen molar-refractivity contribution in [3.05, 3.63) is 70.8 Å². The van der Waals surface area contributed by atoms with E-state index >= 15 is 0 Å². The van der Waals surface area contributed by atoms with E-state index in [0.29, 0.717) is 5.56 Å². The minimum atomic E-state index is -0.0271. The van der Waals surface area contributed by atoms with Gasteiger partial charge in [-0.1, -0.05) is 48.9 Å². The Balaban J connectivity index is 2.06. The van der Waals surface area contributed by atoms with Gasteiger partial charge in [-0.25, -0.2) is 0 Å². The van der Waals surface area contributed by atoms with Crippen LogP contribution >= 0.6 is 0 Å².